The van der Waals surface area contributed by atoms with Gasteiger partial charge in [-0.3, -0.25) is 15.1 Å². The average Bonchev–Trinajstić information content (AvgIpc) is 1.99. The van der Waals surface area contributed by atoms with Crippen LogP contribution in [-0.4, -0.2) is 18.9 Å². The van der Waals surface area contributed by atoms with Crippen molar-refractivity contribution in [3.63, 3.8) is 0 Å². The highest BCUT2D eigenvalue weighted by Crippen LogP contribution is 2.24. The molecule has 1 amide bonds. The number of rotatable bonds is 3. The van der Waals surface area contributed by atoms with Crippen molar-refractivity contribution < 1.29 is 17.8 Å². The second-order valence-electron chi connectivity index (χ2n) is 2.81. The van der Waals surface area contributed by atoms with Gasteiger partial charge in [-0.15, -0.1) is 0 Å². The van der Waals surface area contributed by atoms with E-state index < -0.39 is 21.3 Å². The molecule has 7 heteroatoms. The molecule has 0 aliphatic heterocycles. The molecule has 1 atom stereocenters. The quantitative estimate of drug-likeness (QED) is 0.847. The van der Waals surface area contributed by atoms with Crippen LogP contribution in [0.4, 0.5) is 0 Å². The Labute approximate surface area is 95.2 Å². The van der Waals surface area contributed by atoms with Crippen LogP contribution in [0.1, 0.15) is 10.8 Å². The molecule has 0 aromatic heterocycles. The van der Waals surface area contributed by atoms with Crippen LogP contribution >= 0.6 is 15.9 Å². The maximum Gasteiger partial charge on any atom is 0.281 e. The number of amides is 1. The van der Waals surface area contributed by atoms with Gasteiger partial charge in [0.2, 0.25) is 0 Å². The number of benzene rings is 1. The van der Waals surface area contributed by atoms with E-state index in [4.69, 9.17) is 10.3 Å². The minimum absolute atomic E-state index is 0.0619. The van der Waals surface area contributed by atoms with Crippen molar-refractivity contribution in [1.82, 2.24) is 5.73 Å². The Balaban J connectivity index is 3.29. The maximum atomic E-state index is 10.9. The summed E-state index contributed by atoms with van der Waals surface area (Å²) in [7, 11) is -4.59. The molecule has 0 bridgehead atoms. The second-order valence-corrected chi connectivity index (χ2v) is 5.23. The average molecular weight is 293 g/mol. The first kappa shape index (κ1) is 12.2. The van der Waals surface area contributed by atoms with E-state index in [1.165, 1.54) is 18.2 Å². The van der Waals surface area contributed by atoms with E-state index in [1.54, 1.807) is 6.07 Å². The van der Waals surface area contributed by atoms with Crippen LogP contribution in [0.3, 0.4) is 0 Å². The SMILES string of the molecule is [NH]C(=O)C(c1cccc(Br)c1)S(=O)(=O)O. The molecule has 1 radical (unpaired) electrons. The summed E-state index contributed by atoms with van der Waals surface area (Å²) < 4.78 is 31.1. The third-order valence-electron chi connectivity index (χ3n) is 1.69. The number of hydrogen-bond acceptors (Lipinski definition) is 3. The molecule has 81 valence electrons. The lowest BCUT2D eigenvalue weighted by molar-refractivity contribution is -0.118. The smallest absolute Gasteiger partial charge is 0.281 e. The first-order valence-corrected chi connectivity index (χ1v) is 6.09. The Bertz CT molecular complexity index is 485. The van der Waals surface area contributed by atoms with Gasteiger partial charge in [0.05, 0.1) is 0 Å². The molecule has 1 rings (SSSR count). The molecule has 0 aliphatic carbocycles. The first-order chi connectivity index (χ1) is 6.82. The Morgan fingerprint density at radius 2 is 2.07 bits per heavy atom. The highest BCUT2D eigenvalue weighted by molar-refractivity contribution is 9.10. The highest BCUT2D eigenvalue weighted by atomic mass is 79.9. The van der Waals surface area contributed by atoms with E-state index in [0.29, 0.717) is 4.47 Å². The normalized spacial score (nSPS) is 13.5. The molecule has 1 aromatic rings. The van der Waals surface area contributed by atoms with Gasteiger partial charge in [-0.1, -0.05) is 28.1 Å². The molecule has 0 spiro atoms. The third-order valence-corrected chi connectivity index (χ3v) is 3.26. The van der Waals surface area contributed by atoms with E-state index in [-0.39, 0.29) is 5.56 Å². The van der Waals surface area contributed by atoms with Crippen LogP contribution in [0.15, 0.2) is 28.7 Å². The minimum Gasteiger partial charge on any atom is -0.285 e. The molecule has 1 aromatic carbocycles. The topological polar surface area (TPSA) is 95.2 Å². The van der Waals surface area contributed by atoms with Crippen molar-refractivity contribution in [2.75, 3.05) is 0 Å². The number of halogens is 1. The summed E-state index contributed by atoms with van der Waals surface area (Å²) in [6.45, 7) is 0. The van der Waals surface area contributed by atoms with Gasteiger partial charge < -0.3 is 0 Å². The number of nitrogens with one attached hydrogen (secondary N) is 1. The van der Waals surface area contributed by atoms with Crippen molar-refractivity contribution >= 4 is 32.0 Å². The van der Waals surface area contributed by atoms with Gasteiger partial charge >= 0.3 is 0 Å². The Morgan fingerprint density at radius 3 is 2.47 bits per heavy atom. The standard InChI is InChI=1S/C8H7BrNO4S/c9-6-3-1-2-5(4-6)7(8(10)11)15(12,13)14/h1-4,7,10H,(H,12,13,14). The fraction of sp³-hybridized carbons (Fsp3) is 0.125. The zero-order chi connectivity index (χ0) is 11.6. The van der Waals surface area contributed by atoms with Gasteiger partial charge in [0, 0.05) is 4.47 Å². The molecule has 0 aliphatic rings. The Hall–Kier alpha value is -0.920. The van der Waals surface area contributed by atoms with Crippen molar-refractivity contribution in [3.05, 3.63) is 34.3 Å². The Kier molecular flexibility index (Phi) is 3.48. The summed E-state index contributed by atoms with van der Waals surface area (Å²) in [6.07, 6.45) is 0. The monoisotopic (exact) mass is 292 g/mol. The molecule has 15 heavy (non-hydrogen) atoms. The van der Waals surface area contributed by atoms with E-state index in [1.807, 2.05) is 0 Å². The van der Waals surface area contributed by atoms with Crippen molar-refractivity contribution in [1.29, 1.82) is 0 Å². The highest BCUT2D eigenvalue weighted by Gasteiger charge is 2.31. The fourth-order valence-electron chi connectivity index (χ4n) is 1.13. The van der Waals surface area contributed by atoms with Crippen LogP contribution < -0.4 is 5.73 Å². The maximum absolute atomic E-state index is 10.9. The number of hydrogen-bond donors (Lipinski definition) is 1. The zero-order valence-electron chi connectivity index (χ0n) is 7.34. The Morgan fingerprint density at radius 1 is 1.47 bits per heavy atom. The summed E-state index contributed by atoms with van der Waals surface area (Å²) in [5, 5.41) is -1.84. The van der Waals surface area contributed by atoms with Crippen molar-refractivity contribution in [2.45, 2.75) is 5.25 Å². The molecular formula is C8H7BrNO4S. The van der Waals surface area contributed by atoms with E-state index in [2.05, 4.69) is 15.9 Å². The van der Waals surface area contributed by atoms with E-state index in [9.17, 15) is 13.2 Å². The third kappa shape index (κ3) is 3.01. The van der Waals surface area contributed by atoms with Gasteiger partial charge in [0.1, 0.15) is 0 Å². The summed E-state index contributed by atoms with van der Waals surface area (Å²) >= 11 is 3.10. The molecule has 0 fully saturated rings. The van der Waals surface area contributed by atoms with Gasteiger partial charge in [-0.25, -0.2) is 0 Å². The fourth-order valence-corrected chi connectivity index (χ4v) is 2.31. The van der Waals surface area contributed by atoms with Crippen LogP contribution in [0.5, 0.6) is 0 Å². The number of carbonyl (C=O) groups excluding carboxylic acids is 1. The summed E-state index contributed by atoms with van der Waals surface area (Å²) in [6, 6.07) is 5.88. The largest absolute Gasteiger partial charge is 0.285 e. The van der Waals surface area contributed by atoms with Gasteiger partial charge in [-0.05, 0) is 17.7 Å². The first-order valence-electron chi connectivity index (χ1n) is 3.79. The molecular weight excluding hydrogens is 286 g/mol. The minimum atomic E-state index is -4.59. The van der Waals surface area contributed by atoms with Gasteiger partial charge in [0.15, 0.2) is 5.25 Å². The van der Waals surface area contributed by atoms with Gasteiger partial charge in [0.25, 0.3) is 16.0 Å². The van der Waals surface area contributed by atoms with Gasteiger partial charge in [-0.2, -0.15) is 8.42 Å². The van der Waals surface area contributed by atoms with Crippen LogP contribution in [-0.2, 0) is 14.9 Å². The lowest BCUT2D eigenvalue weighted by Gasteiger charge is -2.09. The molecule has 1 unspecified atom stereocenters. The lowest BCUT2D eigenvalue weighted by Crippen LogP contribution is -2.22. The van der Waals surface area contributed by atoms with Crippen molar-refractivity contribution in [3.8, 4) is 0 Å². The van der Waals surface area contributed by atoms with E-state index >= 15 is 0 Å². The zero-order valence-corrected chi connectivity index (χ0v) is 9.75. The summed E-state index contributed by atoms with van der Waals surface area (Å²) in [5.41, 5.74) is 6.87. The van der Waals surface area contributed by atoms with E-state index in [0.717, 1.165) is 0 Å². The second kappa shape index (κ2) is 4.30. The lowest BCUT2D eigenvalue weighted by atomic mass is 10.1. The number of carbonyl (C=O) groups is 1. The molecule has 2 N–H and O–H groups in total. The van der Waals surface area contributed by atoms with Crippen LogP contribution in [0.2, 0.25) is 0 Å². The molecule has 0 saturated carbocycles. The van der Waals surface area contributed by atoms with Crippen LogP contribution in [0.25, 0.3) is 0 Å². The summed E-state index contributed by atoms with van der Waals surface area (Å²) in [5.74, 6) is -1.37. The van der Waals surface area contributed by atoms with Crippen molar-refractivity contribution in [2.24, 2.45) is 0 Å². The van der Waals surface area contributed by atoms with Crippen LogP contribution in [0, 0.1) is 0 Å². The molecule has 0 saturated heterocycles. The predicted octanol–water partition coefficient (Wildman–Crippen LogP) is 1.19. The molecule has 5 nitrogen and oxygen atoms in total. The predicted molar refractivity (Wildman–Crippen MR) is 56.5 cm³/mol. The summed E-state index contributed by atoms with van der Waals surface area (Å²) in [4.78, 5) is 10.8. The molecule has 0 heterocycles.